The summed E-state index contributed by atoms with van der Waals surface area (Å²) in [5.41, 5.74) is 2.28. The number of aliphatic imine (C=N–C) groups is 1. The largest absolute Gasteiger partial charge is 0.573 e. The van der Waals surface area contributed by atoms with Crippen molar-refractivity contribution in [3.8, 4) is 5.75 Å². The fourth-order valence-corrected chi connectivity index (χ4v) is 2.92. The second-order valence-electron chi connectivity index (χ2n) is 6.46. The Morgan fingerprint density at radius 3 is 2.09 bits per heavy atom. The van der Waals surface area contributed by atoms with Crippen molar-refractivity contribution in [3.05, 3.63) is 96.1 Å². The second-order valence-corrected chi connectivity index (χ2v) is 6.46. The smallest absolute Gasteiger partial charge is 0.406 e. The fraction of sp³-hybridized carbons (Fsp3) is 0.269. The zero-order chi connectivity index (χ0) is 24.9. The molecule has 0 spiro atoms. The van der Waals surface area contributed by atoms with Gasteiger partial charge < -0.3 is 4.74 Å². The van der Waals surface area contributed by atoms with Crippen LogP contribution < -0.4 is 4.74 Å². The third-order valence-corrected chi connectivity index (χ3v) is 4.19. The van der Waals surface area contributed by atoms with Crippen LogP contribution in [0.5, 0.6) is 5.75 Å². The summed E-state index contributed by atoms with van der Waals surface area (Å²) in [4.78, 5) is 4.06. The summed E-state index contributed by atoms with van der Waals surface area (Å²) >= 11 is 0. The molecule has 0 saturated carbocycles. The van der Waals surface area contributed by atoms with Gasteiger partial charge in [-0.05, 0) is 55.2 Å². The van der Waals surface area contributed by atoms with Crippen LogP contribution in [0, 0.1) is 11.6 Å². The normalized spacial score (nSPS) is 13.5. The number of allylic oxidation sites excluding steroid dienone is 5. The highest BCUT2D eigenvalue weighted by Gasteiger charge is 2.30. The van der Waals surface area contributed by atoms with Crippen LogP contribution in [0.3, 0.4) is 0 Å². The van der Waals surface area contributed by atoms with Crippen LogP contribution in [0.4, 0.5) is 22.0 Å². The standard InChI is InChI=1S/C14H13F3O.C10H9F2N.C2H6/c1-3-5-11(6-4-2)12-7-9-13(10-8-12)18-14(15,16)17;11-7-3-1-4-8(12)10(7)9-5-2-6-13-9;1-2/h3-10H,1H2,2H3;1,3-4H,2,5-6H2;1-2H3/b6-4-,11-5+;;. The molecule has 0 atom stereocenters. The van der Waals surface area contributed by atoms with E-state index < -0.39 is 18.0 Å². The molecule has 1 aliphatic rings. The predicted molar refractivity (Wildman–Crippen MR) is 124 cm³/mol. The van der Waals surface area contributed by atoms with Gasteiger partial charge in [-0.1, -0.05) is 62.9 Å². The van der Waals surface area contributed by atoms with Gasteiger partial charge in [-0.25, -0.2) is 8.78 Å². The number of hydrogen-bond acceptors (Lipinski definition) is 2. The van der Waals surface area contributed by atoms with Crippen LogP contribution in [-0.4, -0.2) is 18.6 Å². The Morgan fingerprint density at radius 1 is 1.03 bits per heavy atom. The van der Waals surface area contributed by atoms with Crippen molar-refractivity contribution in [1.29, 1.82) is 0 Å². The van der Waals surface area contributed by atoms with Gasteiger partial charge in [-0.3, -0.25) is 4.99 Å². The maximum absolute atomic E-state index is 13.2. The SMILES string of the molecule is C=C/C=C(\C=C/C)c1ccc(OC(F)(F)F)cc1.CC.Fc1cccc(F)c1C1=NCCC1. The van der Waals surface area contributed by atoms with E-state index in [-0.39, 0.29) is 11.3 Å². The van der Waals surface area contributed by atoms with Gasteiger partial charge in [-0.15, -0.1) is 13.2 Å². The monoisotopic (exact) mass is 465 g/mol. The topological polar surface area (TPSA) is 21.6 Å². The van der Waals surface area contributed by atoms with Crippen molar-refractivity contribution in [2.45, 2.75) is 40.0 Å². The molecule has 0 unspecified atom stereocenters. The number of halogens is 5. The van der Waals surface area contributed by atoms with Crippen molar-refractivity contribution < 1.29 is 26.7 Å². The van der Waals surface area contributed by atoms with Crippen molar-refractivity contribution in [1.82, 2.24) is 0 Å². The molecule has 0 N–H and O–H groups in total. The quantitative estimate of drug-likeness (QED) is 0.321. The zero-order valence-electron chi connectivity index (χ0n) is 18.9. The fourth-order valence-electron chi connectivity index (χ4n) is 2.92. The molecule has 7 heteroatoms. The lowest BCUT2D eigenvalue weighted by molar-refractivity contribution is -0.274. The molecule has 1 heterocycles. The number of ether oxygens (including phenoxy) is 1. The van der Waals surface area contributed by atoms with E-state index in [0.717, 1.165) is 17.6 Å². The van der Waals surface area contributed by atoms with E-state index in [1.54, 1.807) is 24.3 Å². The van der Waals surface area contributed by atoms with E-state index in [1.165, 1.54) is 30.3 Å². The second kappa shape index (κ2) is 14.0. The molecule has 2 aromatic carbocycles. The van der Waals surface area contributed by atoms with Gasteiger partial charge in [0.25, 0.3) is 0 Å². The lowest BCUT2D eigenvalue weighted by atomic mass is 10.0. The van der Waals surface area contributed by atoms with Gasteiger partial charge in [0.2, 0.25) is 0 Å². The summed E-state index contributed by atoms with van der Waals surface area (Å²) in [6.45, 7) is 10.1. The van der Waals surface area contributed by atoms with Crippen molar-refractivity contribution >= 4 is 11.3 Å². The van der Waals surface area contributed by atoms with Crippen molar-refractivity contribution in [2.75, 3.05) is 6.54 Å². The molecule has 2 nitrogen and oxygen atoms in total. The van der Waals surface area contributed by atoms with Crippen molar-refractivity contribution in [3.63, 3.8) is 0 Å². The number of rotatable bonds is 5. The van der Waals surface area contributed by atoms with Gasteiger partial charge in [0, 0.05) is 12.3 Å². The Bertz CT molecular complexity index is 953. The molecule has 0 aromatic heterocycles. The first-order chi connectivity index (χ1) is 15.7. The summed E-state index contributed by atoms with van der Waals surface area (Å²) in [5.74, 6) is -1.26. The van der Waals surface area contributed by atoms with E-state index in [4.69, 9.17) is 0 Å². The number of benzene rings is 2. The third-order valence-electron chi connectivity index (χ3n) is 4.19. The molecule has 2 aromatic rings. The van der Waals surface area contributed by atoms with Crippen LogP contribution in [0.1, 0.15) is 44.7 Å². The van der Waals surface area contributed by atoms with Gasteiger partial charge in [0.05, 0.1) is 5.56 Å². The first-order valence-corrected chi connectivity index (χ1v) is 10.5. The number of alkyl halides is 3. The van der Waals surface area contributed by atoms with Gasteiger partial charge in [-0.2, -0.15) is 0 Å². The minimum atomic E-state index is -4.66. The molecule has 0 radical (unpaired) electrons. The molecule has 0 fully saturated rings. The Balaban J connectivity index is 0.000000319. The van der Waals surface area contributed by atoms with Gasteiger partial charge in [0.15, 0.2) is 0 Å². The minimum absolute atomic E-state index is 0.0556. The summed E-state index contributed by atoms with van der Waals surface area (Å²) in [6, 6.07) is 9.58. The molecular weight excluding hydrogens is 437 g/mol. The molecule has 178 valence electrons. The van der Waals surface area contributed by atoms with Crippen LogP contribution >= 0.6 is 0 Å². The lowest BCUT2D eigenvalue weighted by Crippen LogP contribution is -2.16. The Morgan fingerprint density at radius 2 is 1.64 bits per heavy atom. The first-order valence-electron chi connectivity index (χ1n) is 10.5. The van der Waals surface area contributed by atoms with E-state index in [1.807, 2.05) is 32.9 Å². The average molecular weight is 466 g/mol. The lowest BCUT2D eigenvalue weighted by Gasteiger charge is -2.09. The number of nitrogens with zero attached hydrogens (tertiary/aromatic N) is 1. The number of hydrogen-bond donors (Lipinski definition) is 0. The zero-order valence-corrected chi connectivity index (χ0v) is 18.9. The molecule has 0 aliphatic carbocycles. The molecule has 0 saturated heterocycles. The molecule has 0 amide bonds. The molecule has 33 heavy (non-hydrogen) atoms. The van der Waals surface area contributed by atoms with E-state index in [9.17, 15) is 22.0 Å². The van der Waals surface area contributed by atoms with E-state index >= 15 is 0 Å². The average Bonchev–Trinajstić information content (AvgIpc) is 3.29. The van der Waals surface area contributed by atoms with Gasteiger partial charge >= 0.3 is 6.36 Å². The maximum atomic E-state index is 13.2. The predicted octanol–water partition coefficient (Wildman–Crippen LogP) is 8.30. The minimum Gasteiger partial charge on any atom is -0.406 e. The summed E-state index contributed by atoms with van der Waals surface area (Å²) in [6.07, 6.45) is 4.00. The third kappa shape index (κ3) is 9.43. The molecule has 1 aliphatic heterocycles. The van der Waals surface area contributed by atoms with Crippen LogP contribution in [0.15, 0.2) is 78.3 Å². The van der Waals surface area contributed by atoms with Crippen LogP contribution in [0.2, 0.25) is 0 Å². The van der Waals surface area contributed by atoms with Crippen LogP contribution in [0.25, 0.3) is 5.57 Å². The molecule has 3 rings (SSSR count). The van der Waals surface area contributed by atoms with E-state index in [0.29, 0.717) is 18.7 Å². The summed E-state index contributed by atoms with van der Waals surface area (Å²) in [5, 5.41) is 0. The van der Waals surface area contributed by atoms with Crippen LogP contribution in [-0.2, 0) is 0 Å². The first kappa shape index (κ1) is 27.8. The van der Waals surface area contributed by atoms with Gasteiger partial charge in [0.1, 0.15) is 17.4 Å². The summed E-state index contributed by atoms with van der Waals surface area (Å²) < 4.78 is 66.1. The summed E-state index contributed by atoms with van der Waals surface area (Å²) in [7, 11) is 0. The van der Waals surface area contributed by atoms with Crippen molar-refractivity contribution in [2.24, 2.45) is 4.99 Å². The highest BCUT2D eigenvalue weighted by molar-refractivity contribution is 6.01. The highest BCUT2D eigenvalue weighted by atomic mass is 19.4. The maximum Gasteiger partial charge on any atom is 0.573 e. The molecular formula is C26H28F5NO. The Labute approximate surface area is 191 Å². The Hall–Kier alpha value is -3.22. The van der Waals surface area contributed by atoms with E-state index in [2.05, 4.69) is 16.3 Å². The Kier molecular flexibility index (Phi) is 11.8. The highest BCUT2D eigenvalue weighted by Crippen LogP contribution is 2.25. The molecule has 0 bridgehead atoms.